The molecule has 0 saturated carbocycles. The molecule has 2 fully saturated rings. The Morgan fingerprint density at radius 2 is 1.90 bits per heavy atom. The molecule has 0 radical (unpaired) electrons. The van der Waals surface area contributed by atoms with Gasteiger partial charge in [-0.15, -0.1) is 5.10 Å². The first kappa shape index (κ1) is 20.1. The van der Waals surface area contributed by atoms with Crippen LogP contribution in [0.15, 0.2) is 18.2 Å². The van der Waals surface area contributed by atoms with Crippen molar-refractivity contribution >= 4 is 29.2 Å². The van der Waals surface area contributed by atoms with Gasteiger partial charge in [0.05, 0.1) is 16.2 Å². The van der Waals surface area contributed by atoms with E-state index in [9.17, 15) is 14.9 Å². The van der Waals surface area contributed by atoms with Crippen LogP contribution in [0.3, 0.4) is 0 Å². The zero-order valence-electron chi connectivity index (χ0n) is 17.1. The molecule has 10 heteroatoms. The molecular formula is C20H27N7O3. The Bertz CT molecular complexity index is 915. The molecule has 1 aromatic heterocycles. The number of aromatic nitrogens is 3. The second-order valence-electron chi connectivity index (χ2n) is 8.11. The summed E-state index contributed by atoms with van der Waals surface area (Å²) in [6, 6.07) is 4.46. The summed E-state index contributed by atoms with van der Waals surface area (Å²) >= 11 is 0. The predicted octanol–water partition coefficient (Wildman–Crippen LogP) is 3.19. The molecule has 2 aliphatic rings. The van der Waals surface area contributed by atoms with E-state index in [0.29, 0.717) is 17.6 Å². The average molecular weight is 413 g/mol. The number of hydrogen-bond acceptors (Lipinski definition) is 7. The van der Waals surface area contributed by atoms with Crippen molar-refractivity contribution in [3.8, 4) is 0 Å². The predicted molar refractivity (Wildman–Crippen MR) is 114 cm³/mol. The van der Waals surface area contributed by atoms with Gasteiger partial charge >= 0.3 is 0 Å². The summed E-state index contributed by atoms with van der Waals surface area (Å²) in [4.78, 5) is 32.4. The smallest absolute Gasteiger partial charge is 0.270 e. The Morgan fingerprint density at radius 3 is 2.60 bits per heavy atom. The molecule has 0 unspecified atom stereocenters. The van der Waals surface area contributed by atoms with Crippen molar-refractivity contribution in [1.82, 2.24) is 15.2 Å². The number of carbonyl (C=O) groups is 1. The lowest BCUT2D eigenvalue weighted by atomic mass is 9.98. The highest BCUT2D eigenvalue weighted by Gasteiger charge is 2.24. The summed E-state index contributed by atoms with van der Waals surface area (Å²) in [6.07, 6.45) is 5.46. The van der Waals surface area contributed by atoms with E-state index in [2.05, 4.69) is 37.2 Å². The third kappa shape index (κ3) is 4.37. The van der Waals surface area contributed by atoms with Gasteiger partial charge in [0.1, 0.15) is 0 Å². The number of hydrogen-bond donors (Lipinski definition) is 2. The minimum atomic E-state index is -0.484. The lowest BCUT2D eigenvalue weighted by Crippen LogP contribution is -2.34. The van der Waals surface area contributed by atoms with Gasteiger partial charge in [0.2, 0.25) is 11.9 Å². The largest absolute Gasteiger partial charge is 0.371 e. The summed E-state index contributed by atoms with van der Waals surface area (Å²) in [5.74, 6) is 1.01. The first-order valence-electron chi connectivity index (χ1n) is 10.5. The standard InChI is InChI=1S/C20H27N7O3/c1-14-7-11-25(12-8-14)17-6-5-15(27(29)30)13-16(17)18(28)21-19-22-20(24-23-19)26-9-3-2-4-10-26/h5-6,13-14H,2-4,7-12H2,1H3,(H2,21,22,23,24,28). The number of nitrogens with zero attached hydrogens (tertiary/aromatic N) is 5. The van der Waals surface area contributed by atoms with Crippen LogP contribution >= 0.6 is 0 Å². The molecule has 4 rings (SSSR count). The van der Waals surface area contributed by atoms with Gasteiger partial charge in [-0.25, -0.2) is 5.10 Å². The van der Waals surface area contributed by atoms with Crippen LogP contribution in [0.2, 0.25) is 0 Å². The molecule has 3 heterocycles. The summed E-state index contributed by atoms with van der Waals surface area (Å²) in [6.45, 7) is 5.65. The van der Waals surface area contributed by atoms with Gasteiger partial charge in [0.25, 0.3) is 11.6 Å². The SMILES string of the molecule is CC1CCN(c2ccc([N+](=O)[O-])cc2C(=O)Nc2nc(N3CCCCC3)n[nH]2)CC1. The van der Waals surface area contributed by atoms with Crippen molar-refractivity contribution in [2.75, 3.05) is 41.3 Å². The molecule has 2 N–H and O–H groups in total. The maximum Gasteiger partial charge on any atom is 0.270 e. The monoisotopic (exact) mass is 413 g/mol. The Kier molecular flexibility index (Phi) is 5.82. The van der Waals surface area contributed by atoms with Crippen LogP contribution in [0.4, 0.5) is 23.3 Å². The van der Waals surface area contributed by atoms with E-state index in [1.165, 1.54) is 18.6 Å². The number of aromatic amines is 1. The van der Waals surface area contributed by atoms with Crippen molar-refractivity contribution < 1.29 is 9.72 Å². The van der Waals surface area contributed by atoms with E-state index in [1.807, 2.05) is 0 Å². The third-order valence-electron chi connectivity index (χ3n) is 5.90. The minimum absolute atomic E-state index is 0.110. The average Bonchev–Trinajstić information content (AvgIpc) is 3.23. The molecule has 2 aromatic rings. The van der Waals surface area contributed by atoms with E-state index in [0.717, 1.165) is 51.9 Å². The Morgan fingerprint density at radius 1 is 1.17 bits per heavy atom. The van der Waals surface area contributed by atoms with E-state index >= 15 is 0 Å². The summed E-state index contributed by atoms with van der Waals surface area (Å²) < 4.78 is 0. The first-order valence-corrected chi connectivity index (χ1v) is 10.5. The number of benzene rings is 1. The van der Waals surface area contributed by atoms with E-state index in [1.54, 1.807) is 6.07 Å². The summed E-state index contributed by atoms with van der Waals surface area (Å²) in [7, 11) is 0. The molecule has 0 atom stereocenters. The zero-order valence-corrected chi connectivity index (χ0v) is 17.1. The second-order valence-corrected chi connectivity index (χ2v) is 8.11. The molecule has 10 nitrogen and oxygen atoms in total. The molecule has 1 amide bonds. The second kappa shape index (κ2) is 8.68. The van der Waals surface area contributed by atoms with E-state index in [-0.39, 0.29) is 17.2 Å². The summed E-state index contributed by atoms with van der Waals surface area (Å²) in [5, 5.41) is 21.0. The first-order chi connectivity index (χ1) is 14.5. The molecule has 0 aliphatic carbocycles. The highest BCUT2D eigenvalue weighted by atomic mass is 16.6. The fourth-order valence-corrected chi connectivity index (χ4v) is 4.06. The van der Waals surface area contributed by atoms with Crippen molar-refractivity contribution in [2.45, 2.75) is 39.0 Å². The van der Waals surface area contributed by atoms with Crippen LogP contribution in [0.1, 0.15) is 49.4 Å². The topological polar surface area (TPSA) is 120 Å². The molecule has 30 heavy (non-hydrogen) atoms. The van der Waals surface area contributed by atoms with Gasteiger partial charge in [-0.2, -0.15) is 4.98 Å². The number of rotatable bonds is 5. The van der Waals surface area contributed by atoms with Gasteiger partial charge in [0, 0.05) is 38.3 Å². The lowest BCUT2D eigenvalue weighted by molar-refractivity contribution is -0.384. The number of nitrogens with one attached hydrogen (secondary N) is 2. The molecule has 2 aliphatic heterocycles. The molecule has 0 spiro atoms. The Hall–Kier alpha value is -3.17. The van der Waals surface area contributed by atoms with Crippen LogP contribution in [-0.4, -0.2) is 52.2 Å². The number of carbonyl (C=O) groups excluding carboxylic acids is 1. The number of nitro benzene ring substituents is 1. The van der Waals surface area contributed by atoms with Crippen molar-refractivity contribution in [1.29, 1.82) is 0 Å². The quantitative estimate of drug-likeness (QED) is 0.570. The van der Waals surface area contributed by atoms with Crippen LogP contribution in [0, 0.1) is 16.0 Å². The van der Waals surface area contributed by atoms with Crippen LogP contribution < -0.4 is 15.1 Å². The fraction of sp³-hybridized carbons (Fsp3) is 0.550. The van der Waals surface area contributed by atoms with Crippen molar-refractivity contribution in [3.63, 3.8) is 0 Å². The molecule has 1 aromatic carbocycles. The normalized spacial score (nSPS) is 17.8. The van der Waals surface area contributed by atoms with Gasteiger partial charge in [0.15, 0.2) is 0 Å². The number of nitro groups is 1. The molecular weight excluding hydrogens is 386 g/mol. The zero-order chi connectivity index (χ0) is 21.1. The maximum atomic E-state index is 13.0. The van der Waals surface area contributed by atoms with Crippen molar-refractivity contribution in [2.24, 2.45) is 5.92 Å². The lowest BCUT2D eigenvalue weighted by Gasteiger charge is -2.33. The number of H-pyrrole nitrogens is 1. The number of amides is 1. The Balaban J connectivity index is 1.55. The number of non-ortho nitro benzene ring substituents is 1. The molecule has 0 bridgehead atoms. The van der Waals surface area contributed by atoms with E-state index in [4.69, 9.17) is 0 Å². The Labute approximate surface area is 174 Å². The van der Waals surface area contributed by atoms with Gasteiger partial charge in [-0.3, -0.25) is 20.2 Å². The number of piperidine rings is 2. The molecule has 160 valence electrons. The highest BCUT2D eigenvalue weighted by molar-refractivity contribution is 6.08. The third-order valence-corrected chi connectivity index (χ3v) is 5.90. The van der Waals surface area contributed by atoms with Crippen LogP contribution in [0.5, 0.6) is 0 Å². The van der Waals surface area contributed by atoms with E-state index < -0.39 is 10.8 Å². The molecule has 2 saturated heterocycles. The maximum absolute atomic E-state index is 13.0. The van der Waals surface area contributed by atoms with Crippen LogP contribution in [-0.2, 0) is 0 Å². The number of anilines is 3. The van der Waals surface area contributed by atoms with Crippen molar-refractivity contribution in [3.05, 3.63) is 33.9 Å². The van der Waals surface area contributed by atoms with Gasteiger partial charge < -0.3 is 9.80 Å². The van der Waals surface area contributed by atoms with Gasteiger partial charge in [-0.05, 0) is 44.1 Å². The highest BCUT2D eigenvalue weighted by Crippen LogP contribution is 2.30. The van der Waals surface area contributed by atoms with Gasteiger partial charge in [-0.1, -0.05) is 6.92 Å². The van der Waals surface area contributed by atoms with Crippen LogP contribution in [0.25, 0.3) is 0 Å². The fourth-order valence-electron chi connectivity index (χ4n) is 4.06. The summed E-state index contributed by atoms with van der Waals surface area (Å²) in [5.41, 5.74) is 0.872. The minimum Gasteiger partial charge on any atom is -0.371 e.